The molecule has 2 N–H and O–H groups in total. The number of anilines is 3. The van der Waals surface area contributed by atoms with E-state index in [2.05, 4.69) is 25.5 Å². The van der Waals surface area contributed by atoms with E-state index in [0.29, 0.717) is 44.5 Å². The Bertz CT molecular complexity index is 1940. The van der Waals surface area contributed by atoms with Gasteiger partial charge in [-0.3, -0.25) is 4.79 Å². The monoisotopic (exact) mass is 730 g/mol. The number of morpholine rings is 1. The van der Waals surface area contributed by atoms with Crippen LogP contribution in [0.3, 0.4) is 0 Å². The summed E-state index contributed by atoms with van der Waals surface area (Å²) >= 11 is 0. The second kappa shape index (κ2) is 14.2. The molecular weight excluding hydrogens is 690 g/mol. The fourth-order valence-electron chi connectivity index (χ4n) is 6.42. The maximum Gasteiger partial charge on any atom is 0.436 e. The van der Waals surface area contributed by atoms with Crippen LogP contribution in [-0.4, -0.2) is 116 Å². The first kappa shape index (κ1) is 36.2. The van der Waals surface area contributed by atoms with E-state index >= 15 is 0 Å². The highest BCUT2D eigenvalue weighted by Crippen LogP contribution is 2.45. The zero-order valence-corrected chi connectivity index (χ0v) is 29.6. The number of fused-ring (bicyclic) bond motifs is 1. The number of hydrogen-bond donors (Lipinski definition) is 2. The number of urea groups is 1. The van der Waals surface area contributed by atoms with Gasteiger partial charge in [-0.15, -0.1) is 4.68 Å². The highest BCUT2D eigenvalue weighted by atomic mass is 32.2. The van der Waals surface area contributed by atoms with Crippen LogP contribution in [0.25, 0.3) is 0 Å². The minimum absolute atomic E-state index is 0.0166. The number of nitrogens with one attached hydrogen (secondary N) is 2. The fraction of sp³-hybridized carbons (Fsp3) is 0.455. The minimum Gasteiger partial charge on any atom is -0.448 e. The third-order valence-corrected chi connectivity index (χ3v) is 11.2. The highest BCUT2D eigenvalue weighted by Gasteiger charge is 2.49. The molecule has 3 aliphatic rings. The Hall–Kier alpha value is -4.65. The fourth-order valence-corrected chi connectivity index (χ4v) is 8.18. The zero-order chi connectivity index (χ0) is 36.7. The van der Waals surface area contributed by atoms with Crippen LogP contribution in [0.1, 0.15) is 42.4 Å². The summed E-state index contributed by atoms with van der Waals surface area (Å²) in [7, 11) is -2.48. The molecule has 274 valence electrons. The van der Waals surface area contributed by atoms with Crippen LogP contribution >= 0.6 is 0 Å². The van der Waals surface area contributed by atoms with Crippen LogP contribution < -0.4 is 15.5 Å². The number of likely N-dealkylation sites (N-methyl/N-ethyl adjacent to an activating group) is 1. The van der Waals surface area contributed by atoms with Gasteiger partial charge in [0.05, 0.1) is 47.2 Å². The number of halogens is 2. The lowest BCUT2D eigenvalue weighted by Crippen LogP contribution is -2.44. The van der Waals surface area contributed by atoms with Crippen molar-refractivity contribution in [3.8, 4) is 0 Å². The van der Waals surface area contributed by atoms with Crippen LogP contribution in [-0.2, 0) is 31.6 Å². The Labute approximate surface area is 294 Å². The molecule has 0 bridgehead atoms. The van der Waals surface area contributed by atoms with E-state index in [1.54, 1.807) is 30.0 Å². The molecule has 1 aromatic heterocycles. The molecule has 18 heteroatoms. The Kier molecular flexibility index (Phi) is 10.0. The standard InChI is InChI=1S/C33H40F2N8O7S/c1-5-50-32(46)43-29(26-20-42(33(2,3)28(26)38-43)51(47,48)24-17-21(34)16-22(35)18-24)37-30(44)25-7-6-23(40-10-8-39(4)9-11-40)19-27(25)36-31(45)41-12-14-49-15-13-41/h6-7,16-19H,5,8-15,20H2,1-4H3,(H,36,45)(H,37,44). The third-order valence-electron chi connectivity index (χ3n) is 9.24. The number of ether oxygens (including phenoxy) is 2. The molecule has 4 heterocycles. The van der Waals surface area contributed by atoms with Crippen molar-refractivity contribution in [2.75, 3.05) is 81.7 Å². The van der Waals surface area contributed by atoms with Crippen molar-refractivity contribution >= 4 is 45.2 Å². The molecule has 6 rings (SSSR count). The largest absolute Gasteiger partial charge is 0.448 e. The number of benzene rings is 2. The van der Waals surface area contributed by atoms with Gasteiger partial charge < -0.3 is 34.8 Å². The van der Waals surface area contributed by atoms with Gasteiger partial charge in [-0.05, 0) is 58.2 Å². The van der Waals surface area contributed by atoms with Gasteiger partial charge in [-0.25, -0.2) is 26.8 Å². The molecule has 0 radical (unpaired) electrons. The van der Waals surface area contributed by atoms with Crippen molar-refractivity contribution in [1.29, 1.82) is 0 Å². The first-order valence-electron chi connectivity index (χ1n) is 16.5. The first-order chi connectivity index (χ1) is 24.2. The molecule has 3 amide bonds. The number of nitrogens with zero attached hydrogens (tertiary/aromatic N) is 6. The first-order valence-corrected chi connectivity index (χ1v) is 18.0. The van der Waals surface area contributed by atoms with E-state index in [1.807, 2.05) is 7.05 Å². The van der Waals surface area contributed by atoms with Crippen LogP contribution in [0, 0.1) is 11.6 Å². The molecule has 2 aromatic carbocycles. The summed E-state index contributed by atoms with van der Waals surface area (Å²) in [5, 5.41) is 9.99. The number of amides is 3. The molecule has 15 nitrogen and oxygen atoms in total. The van der Waals surface area contributed by atoms with Crippen molar-refractivity contribution in [1.82, 2.24) is 23.9 Å². The predicted molar refractivity (Wildman–Crippen MR) is 182 cm³/mol. The number of carbonyl (C=O) groups is 3. The van der Waals surface area contributed by atoms with Gasteiger partial charge in [-0.2, -0.15) is 9.40 Å². The smallest absolute Gasteiger partial charge is 0.436 e. The van der Waals surface area contributed by atoms with Gasteiger partial charge >= 0.3 is 12.1 Å². The summed E-state index contributed by atoms with van der Waals surface area (Å²) in [6.07, 6.45) is -0.925. The quantitative estimate of drug-likeness (QED) is 0.369. The lowest BCUT2D eigenvalue weighted by Gasteiger charge is -2.34. The topological polar surface area (TPSA) is 159 Å². The summed E-state index contributed by atoms with van der Waals surface area (Å²) in [6.45, 7) is 8.85. The maximum atomic E-state index is 14.2. The second-order valence-corrected chi connectivity index (χ2v) is 14.8. The van der Waals surface area contributed by atoms with Crippen molar-refractivity contribution < 1.29 is 41.1 Å². The van der Waals surface area contributed by atoms with Gasteiger partial charge in [0.1, 0.15) is 17.5 Å². The van der Waals surface area contributed by atoms with Crippen LogP contribution in [0.4, 0.5) is 35.6 Å². The lowest BCUT2D eigenvalue weighted by atomic mass is 10.0. The Morgan fingerprint density at radius 2 is 1.63 bits per heavy atom. The number of carbonyl (C=O) groups excluding carboxylic acids is 3. The number of aromatic nitrogens is 2. The SMILES string of the molecule is CCOC(=O)n1nc2c(c1NC(=O)c1ccc(N3CCN(C)CC3)cc1NC(=O)N1CCOCC1)CN(S(=O)(=O)c1cc(F)cc(F)c1)C2(C)C. The van der Waals surface area contributed by atoms with E-state index in [0.717, 1.165) is 40.9 Å². The molecule has 3 aliphatic heterocycles. The number of sulfonamides is 1. The molecule has 0 aliphatic carbocycles. The molecule has 0 unspecified atom stereocenters. The molecule has 0 saturated carbocycles. The Balaban J connectivity index is 1.37. The maximum absolute atomic E-state index is 14.2. The Morgan fingerprint density at radius 1 is 0.961 bits per heavy atom. The van der Waals surface area contributed by atoms with Crippen LogP contribution in [0.15, 0.2) is 41.3 Å². The molecule has 2 fully saturated rings. The number of piperazine rings is 1. The van der Waals surface area contributed by atoms with Gasteiger partial charge in [0.15, 0.2) is 0 Å². The van der Waals surface area contributed by atoms with Gasteiger partial charge in [-0.1, -0.05) is 0 Å². The number of hydrogen-bond acceptors (Lipinski definition) is 10. The average molecular weight is 731 g/mol. The van der Waals surface area contributed by atoms with E-state index in [9.17, 15) is 31.6 Å². The summed E-state index contributed by atoms with van der Waals surface area (Å²) < 4.78 is 68.2. The third kappa shape index (κ3) is 7.13. The van der Waals surface area contributed by atoms with Gasteiger partial charge in [0, 0.05) is 63.1 Å². The molecule has 3 aromatic rings. The van der Waals surface area contributed by atoms with Crippen molar-refractivity contribution in [3.63, 3.8) is 0 Å². The van der Waals surface area contributed by atoms with E-state index in [1.165, 1.54) is 13.8 Å². The molecule has 51 heavy (non-hydrogen) atoms. The summed E-state index contributed by atoms with van der Waals surface area (Å²) in [4.78, 5) is 46.0. The lowest BCUT2D eigenvalue weighted by molar-refractivity contribution is 0.0564. The van der Waals surface area contributed by atoms with Crippen LogP contribution in [0.5, 0.6) is 0 Å². The van der Waals surface area contributed by atoms with Gasteiger partial charge in [0.2, 0.25) is 10.0 Å². The Morgan fingerprint density at radius 3 is 2.27 bits per heavy atom. The summed E-state index contributed by atoms with van der Waals surface area (Å²) in [5.74, 6) is -3.02. The van der Waals surface area contributed by atoms with Crippen LogP contribution in [0.2, 0.25) is 0 Å². The minimum atomic E-state index is -4.51. The molecule has 2 saturated heterocycles. The van der Waals surface area contributed by atoms with Gasteiger partial charge in [0.25, 0.3) is 5.91 Å². The van der Waals surface area contributed by atoms with E-state index in [4.69, 9.17) is 9.47 Å². The van der Waals surface area contributed by atoms with E-state index in [-0.39, 0.29) is 34.9 Å². The van der Waals surface area contributed by atoms with Crippen molar-refractivity contribution in [2.24, 2.45) is 0 Å². The normalized spacial score (nSPS) is 18.0. The highest BCUT2D eigenvalue weighted by molar-refractivity contribution is 7.89. The zero-order valence-electron chi connectivity index (χ0n) is 28.7. The number of rotatable bonds is 7. The van der Waals surface area contributed by atoms with E-state index < -0.39 is 56.7 Å². The average Bonchev–Trinajstić information content (AvgIpc) is 3.59. The molecular formula is C33H40F2N8O7S. The molecule has 0 atom stereocenters. The summed E-state index contributed by atoms with van der Waals surface area (Å²) in [6, 6.07) is 6.64. The second-order valence-electron chi connectivity index (χ2n) is 13.0. The van der Waals surface area contributed by atoms with Crippen molar-refractivity contribution in [2.45, 2.75) is 37.8 Å². The summed E-state index contributed by atoms with van der Waals surface area (Å²) in [5.41, 5.74) is -0.0535. The molecule has 0 spiro atoms. The van der Waals surface area contributed by atoms with Crippen molar-refractivity contribution in [3.05, 3.63) is 64.9 Å². The predicted octanol–water partition coefficient (Wildman–Crippen LogP) is 3.47.